The highest BCUT2D eigenvalue weighted by Crippen LogP contribution is 2.13. The van der Waals surface area contributed by atoms with Crippen LogP contribution in [0.1, 0.15) is 13.3 Å². The average molecular weight is 242 g/mol. The van der Waals surface area contributed by atoms with Crippen LogP contribution in [0.25, 0.3) is 0 Å². The van der Waals surface area contributed by atoms with Crippen molar-refractivity contribution in [2.45, 2.75) is 19.5 Å². The number of carbonyl (C=O) groups excluding carboxylic acids is 1. The molecule has 0 aliphatic rings. The number of nitrogens with one attached hydrogen (secondary N) is 1. The van der Waals surface area contributed by atoms with Gasteiger partial charge in [-0.05, 0) is 6.42 Å². The normalized spacial score (nSPS) is 13.6. The fourth-order valence-corrected chi connectivity index (χ4v) is 1.04. The summed E-state index contributed by atoms with van der Waals surface area (Å²) in [5.74, 6) is -0.539. The Morgan fingerprint density at radius 1 is 1.50 bits per heavy atom. The maximum Gasteiger partial charge on any atom is 0.411 e. The lowest BCUT2D eigenvalue weighted by atomic mass is 10.1. The molecule has 0 aromatic heterocycles. The minimum Gasteiger partial charge on any atom is -0.370 e. The van der Waals surface area contributed by atoms with Crippen molar-refractivity contribution in [3.63, 3.8) is 0 Å². The van der Waals surface area contributed by atoms with Gasteiger partial charge in [0, 0.05) is 19.0 Å². The van der Waals surface area contributed by atoms with Gasteiger partial charge in [-0.1, -0.05) is 6.92 Å². The second-order valence-corrected chi connectivity index (χ2v) is 3.30. The van der Waals surface area contributed by atoms with Gasteiger partial charge in [-0.25, -0.2) is 0 Å². The number of nitrogens with two attached hydrogens (primary N) is 1. The van der Waals surface area contributed by atoms with E-state index in [1.54, 1.807) is 0 Å². The molecule has 0 aromatic rings. The van der Waals surface area contributed by atoms with E-state index in [-0.39, 0.29) is 31.5 Å². The fourth-order valence-electron chi connectivity index (χ4n) is 1.04. The summed E-state index contributed by atoms with van der Waals surface area (Å²) < 4.78 is 39.3. The third-order valence-corrected chi connectivity index (χ3v) is 1.96. The van der Waals surface area contributed by atoms with E-state index >= 15 is 0 Å². The zero-order valence-corrected chi connectivity index (χ0v) is 9.14. The lowest BCUT2D eigenvalue weighted by Gasteiger charge is -2.13. The summed E-state index contributed by atoms with van der Waals surface area (Å²) in [6.45, 7) is 0.650. The Morgan fingerprint density at radius 2 is 2.12 bits per heavy atom. The molecule has 0 bridgehead atoms. The summed E-state index contributed by atoms with van der Waals surface area (Å²) in [6.07, 6.45) is -3.72. The van der Waals surface area contributed by atoms with Crippen LogP contribution in [0, 0.1) is 5.92 Å². The number of hydrogen-bond donors (Lipinski definition) is 2. The first-order valence-electron chi connectivity index (χ1n) is 5.03. The second kappa shape index (κ2) is 7.45. The number of carbonyl (C=O) groups is 1. The molecule has 1 amide bonds. The molecule has 16 heavy (non-hydrogen) atoms. The minimum absolute atomic E-state index is 0.0609. The van der Waals surface area contributed by atoms with Gasteiger partial charge in [-0.2, -0.15) is 13.2 Å². The topological polar surface area (TPSA) is 64.4 Å². The number of alkyl halides is 3. The van der Waals surface area contributed by atoms with Crippen LogP contribution in [0.15, 0.2) is 0 Å². The van der Waals surface area contributed by atoms with Gasteiger partial charge in [-0.3, -0.25) is 4.79 Å². The Balaban J connectivity index is 3.55. The SMILES string of the molecule is CCC(CN)C(=O)NCCOCC(F)(F)F. The molecule has 0 aliphatic carbocycles. The number of rotatable bonds is 7. The Morgan fingerprint density at radius 3 is 2.56 bits per heavy atom. The molecule has 4 nitrogen and oxygen atoms in total. The minimum atomic E-state index is -4.33. The van der Waals surface area contributed by atoms with E-state index in [0.717, 1.165) is 0 Å². The molecule has 1 atom stereocenters. The standard InChI is InChI=1S/C9H17F3N2O2/c1-2-7(5-13)8(15)14-3-4-16-6-9(10,11)12/h7H,2-6,13H2,1H3,(H,14,15). The van der Waals surface area contributed by atoms with E-state index in [9.17, 15) is 18.0 Å². The van der Waals surface area contributed by atoms with Gasteiger partial charge in [-0.15, -0.1) is 0 Å². The van der Waals surface area contributed by atoms with Crippen molar-refractivity contribution < 1.29 is 22.7 Å². The highest BCUT2D eigenvalue weighted by atomic mass is 19.4. The summed E-state index contributed by atoms with van der Waals surface area (Å²) in [5.41, 5.74) is 5.33. The van der Waals surface area contributed by atoms with Crippen molar-refractivity contribution in [2.75, 3.05) is 26.3 Å². The fraction of sp³-hybridized carbons (Fsp3) is 0.889. The second-order valence-electron chi connectivity index (χ2n) is 3.30. The van der Waals surface area contributed by atoms with Crippen molar-refractivity contribution >= 4 is 5.91 Å². The zero-order valence-electron chi connectivity index (χ0n) is 9.14. The van der Waals surface area contributed by atoms with Crippen LogP contribution in [0.2, 0.25) is 0 Å². The highest BCUT2D eigenvalue weighted by molar-refractivity contribution is 5.78. The third-order valence-electron chi connectivity index (χ3n) is 1.96. The van der Waals surface area contributed by atoms with Gasteiger partial charge < -0.3 is 15.8 Å². The van der Waals surface area contributed by atoms with Crippen molar-refractivity contribution in [3.05, 3.63) is 0 Å². The molecule has 0 rings (SSSR count). The Hall–Kier alpha value is -0.820. The Bertz CT molecular complexity index is 205. The van der Waals surface area contributed by atoms with Gasteiger partial charge in [0.25, 0.3) is 0 Å². The summed E-state index contributed by atoms with van der Waals surface area (Å²) in [5, 5.41) is 2.46. The summed E-state index contributed by atoms with van der Waals surface area (Å²) in [6, 6.07) is 0. The first-order valence-corrected chi connectivity index (χ1v) is 5.03. The van der Waals surface area contributed by atoms with E-state index in [0.29, 0.717) is 6.42 Å². The third kappa shape index (κ3) is 7.47. The first kappa shape index (κ1) is 15.2. The molecular weight excluding hydrogens is 225 g/mol. The van der Waals surface area contributed by atoms with Crippen LogP contribution in [0.3, 0.4) is 0 Å². The van der Waals surface area contributed by atoms with Crippen molar-refractivity contribution in [1.82, 2.24) is 5.32 Å². The number of ether oxygens (including phenoxy) is 1. The van der Waals surface area contributed by atoms with Crippen molar-refractivity contribution in [2.24, 2.45) is 11.7 Å². The summed E-state index contributed by atoms with van der Waals surface area (Å²) >= 11 is 0. The molecule has 3 N–H and O–H groups in total. The predicted octanol–water partition coefficient (Wildman–Crippen LogP) is 0.666. The van der Waals surface area contributed by atoms with Gasteiger partial charge >= 0.3 is 6.18 Å². The number of hydrogen-bond acceptors (Lipinski definition) is 3. The van der Waals surface area contributed by atoms with Crippen LogP contribution >= 0.6 is 0 Å². The molecule has 0 spiro atoms. The highest BCUT2D eigenvalue weighted by Gasteiger charge is 2.27. The van der Waals surface area contributed by atoms with Crippen LogP contribution in [-0.4, -0.2) is 38.4 Å². The van der Waals surface area contributed by atoms with E-state index < -0.39 is 12.8 Å². The van der Waals surface area contributed by atoms with Gasteiger partial charge in [0.1, 0.15) is 6.61 Å². The molecule has 0 aliphatic heterocycles. The molecule has 0 fully saturated rings. The van der Waals surface area contributed by atoms with Crippen LogP contribution in [0.4, 0.5) is 13.2 Å². The molecule has 0 saturated carbocycles. The summed E-state index contributed by atoms with van der Waals surface area (Å²) in [4.78, 5) is 11.3. The monoisotopic (exact) mass is 242 g/mol. The maximum atomic E-state index is 11.7. The lowest BCUT2D eigenvalue weighted by molar-refractivity contribution is -0.173. The smallest absolute Gasteiger partial charge is 0.370 e. The van der Waals surface area contributed by atoms with Crippen molar-refractivity contribution in [3.8, 4) is 0 Å². The van der Waals surface area contributed by atoms with E-state index in [4.69, 9.17) is 5.73 Å². The predicted molar refractivity (Wildman–Crippen MR) is 52.7 cm³/mol. The first-order chi connectivity index (χ1) is 7.40. The molecule has 0 saturated heterocycles. The Labute approximate surface area is 92.3 Å². The zero-order chi connectivity index (χ0) is 12.6. The largest absolute Gasteiger partial charge is 0.411 e. The van der Waals surface area contributed by atoms with Crippen LogP contribution < -0.4 is 11.1 Å². The average Bonchev–Trinajstić information content (AvgIpc) is 2.17. The summed E-state index contributed by atoms with van der Waals surface area (Å²) in [7, 11) is 0. The Kier molecular flexibility index (Phi) is 7.07. The van der Waals surface area contributed by atoms with Crippen LogP contribution in [-0.2, 0) is 9.53 Å². The molecule has 0 heterocycles. The molecule has 1 unspecified atom stereocenters. The quantitative estimate of drug-likeness (QED) is 0.645. The molecular formula is C9H17F3N2O2. The van der Waals surface area contributed by atoms with E-state index in [1.165, 1.54) is 0 Å². The number of halogens is 3. The van der Waals surface area contributed by atoms with Crippen LogP contribution in [0.5, 0.6) is 0 Å². The van der Waals surface area contributed by atoms with Crippen molar-refractivity contribution in [1.29, 1.82) is 0 Å². The molecule has 0 aromatic carbocycles. The molecule has 0 radical (unpaired) electrons. The van der Waals surface area contributed by atoms with E-state index in [2.05, 4.69) is 10.1 Å². The lowest BCUT2D eigenvalue weighted by Crippen LogP contribution is -2.36. The van der Waals surface area contributed by atoms with Gasteiger partial charge in [0.2, 0.25) is 5.91 Å². The van der Waals surface area contributed by atoms with E-state index in [1.807, 2.05) is 6.92 Å². The molecule has 7 heteroatoms. The van der Waals surface area contributed by atoms with Gasteiger partial charge in [0.15, 0.2) is 0 Å². The maximum absolute atomic E-state index is 11.7. The van der Waals surface area contributed by atoms with Gasteiger partial charge in [0.05, 0.1) is 6.61 Å². The molecule has 96 valence electrons. The number of amides is 1.